The van der Waals surface area contributed by atoms with Crippen molar-refractivity contribution in [3.63, 3.8) is 0 Å². The van der Waals surface area contributed by atoms with Crippen LogP contribution in [0.4, 0.5) is 0 Å². The summed E-state index contributed by atoms with van der Waals surface area (Å²) in [7, 11) is 1.55. The molecular weight excluding hydrogens is 296 g/mol. The molecule has 0 saturated carbocycles. The van der Waals surface area contributed by atoms with Crippen molar-refractivity contribution in [2.75, 3.05) is 26.7 Å². The van der Waals surface area contributed by atoms with Crippen LogP contribution < -0.4 is 0 Å². The Bertz CT molecular complexity index is 644. The number of aromatic nitrogens is 1. The molecule has 1 aromatic rings. The molecule has 7 nitrogen and oxygen atoms in total. The maximum absolute atomic E-state index is 12.7. The van der Waals surface area contributed by atoms with E-state index >= 15 is 0 Å². The Balaban J connectivity index is 1.54. The molecule has 1 aromatic heterocycles. The molecule has 4 rings (SSSR count). The Morgan fingerprint density at radius 2 is 2.17 bits per heavy atom. The van der Waals surface area contributed by atoms with E-state index in [1.165, 1.54) is 4.90 Å². The number of aliphatic hydroxyl groups is 1. The van der Waals surface area contributed by atoms with Crippen LogP contribution in [0.5, 0.6) is 0 Å². The summed E-state index contributed by atoms with van der Waals surface area (Å²) in [6, 6.07) is 3.54. The number of fused-ring (bicyclic) bond motifs is 2. The van der Waals surface area contributed by atoms with Crippen molar-refractivity contribution in [3.05, 3.63) is 30.1 Å². The number of β-amino-alcohol motifs (C(OH)–C–C–N with tert-alkyl or cyclic N) is 1. The molecule has 3 aliphatic heterocycles. The van der Waals surface area contributed by atoms with Gasteiger partial charge in [0.2, 0.25) is 5.91 Å². The van der Waals surface area contributed by atoms with E-state index in [0.717, 1.165) is 12.1 Å². The molecule has 2 unspecified atom stereocenters. The number of likely N-dealkylation sites (tertiary alicyclic amines) is 1. The van der Waals surface area contributed by atoms with Gasteiger partial charge >= 0.3 is 0 Å². The van der Waals surface area contributed by atoms with Crippen LogP contribution in [-0.2, 0) is 16.1 Å². The van der Waals surface area contributed by atoms with Gasteiger partial charge in [0.05, 0.1) is 12.1 Å². The molecule has 4 heterocycles. The summed E-state index contributed by atoms with van der Waals surface area (Å²) < 4.78 is 0. The minimum atomic E-state index is -0.660. The van der Waals surface area contributed by atoms with Gasteiger partial charge in [-0.15, -0.1) is 0 Å². The number of imide groups is 1. The zero-order chi connectivity index (χ0) is 16.2. The highest BCUT2D eigenvalue weighted by Crippen LogP contribution is 2.40. The van der Waals surface area contributed by atoms with Gasteiger partial charge in [0.15, 0.2) is 0 Å². The monoisotopic (exact) mass is 316 g/mol. The summed E-state index contributed by atoms with van der Waals surface area (Å²) in [5, 5.41) is 9.96. The first-order valence-corrected chi connectivity index (χ1v) is 7.89. The molecule has 3 fully saturated rings. The lowest BCUT2D eigenvalue weighted by molar-refractivity contribution is -0.178. The van der Waals surface area contributed by atoms with Crippen molar-refractivity contribution in [2.45, 2.75) is 30.7 Å². The van der Waals surface area contributed by atoms with Crippen molar-refractivity contribution in [3.8, 4) is 0 Å². The zero-order valence-electron chi connectivity index (χ0n) is 13.1. The third kappa shape index (κ3) is 2.11. The molecule has 2 amide bonds. The summed E-state index contributed by atoms with van der Waals surface area (Å²) in [5.74, 6) is -0.335. The van der Waals surface area contributed by atoms with Gasteiger partial charge in [0, 0.05) is 45.6 Å². The Morgan fingerprint density at radius 1 is 1.39 bits per heavy atom. The number of nitrogens with zero attached hydrogens (tertiary/aromatic N) is 4. The van der Waals surface area contributed by atoms with Crippen LogP contribution in [-0.4, -0.2) is 81.0 Å². The van der Waals surface area contributed by atoms with Crippen molar-refractivity contribution in [2.24, 2.45) is 0 Å². The molecule has 0 aliphatic carbocycles. The van der Waals surface area contributed by atoms with E-state index in [4.69, 9.17) is 0 Å². The largest absolute Gasteiger partial charge is 0.392 e. The fourth-order valence-electron chi connectivity index (χ4n) is 4.15. The quantitative estimate of drug-likeness (QED) is 0.711. The molecule has 3 saturated heterocycles. The molecule has 3 aliphatic rings. The summed E-state index contributed by atoms with van der Waals surface area (Å²) in [5.41, 5.74) is 0.445. The highest BCUT2D eigenvalue weighted by atomic mass is 16.3. The molecular formula is C16H20N4O3. The van der Waals surface area contributed by atoms with E-state index in [2.05, 4.69) is 9.88 Å². The van der Waals surface area contributed by atoms with Gasteiger partial charge in [0.1, 0.15) is 5.54 Å². The van der Waals surface area contributed by atoms with Gasteiger partial charge in [0.25, 0.3) is 5.91 Å². The van der Waals surface area contributed by atoms with Crippen LogP contribution >= 0.6 is 0 Å². The van der Waals surface area contributed by atoms with E-state index in [1.807, 2.05) is 23.2 Å². The maximum atomic E-state index is 12.7. The average molecular weight is 316 g/mol. The van der Waals surface area contributed by atoms with Crippen molar-refractivity contribution in [1.29, 1.82) is 0 Å². The molecule has 1 N–H and O–H groups in total. The zero-order valence-corrected chi connectivity index (χ0v) is 13.1. The van der Waals surface area contributed by atoms with E-state index in [-0.39, 0.29) is 17.9 Å². The summed E-state index contributed by atoms with van der Waals surface area (Å²) >= 11 is 0. The standard InChI is InChI=1S/C16H20N4O3/c1-18-14(22)13-5-12(21)8-20(13)16(15(18)23)9-19(10-16)7-11-3-2-4-17-6-11/h2-4,6,12-13,21H,5,7-10H2,1H3. The first-order chi connectivity index (χ1) is 11.0. The number of aliphatic hydroxyl groups excluding tert-OH is 1. The summed E-state index contributed by atoms with van der Waals surface area (Å²) in [6.07, 6.45) is 3.45. The van der Waals surface area contributed by atoms with Crippen molar-refractivity contribution in [1.82, 2.24) is 19.7 Å². The highest BCUT2D eigenvalue weighted by Gasteiger charge is 2.63. The molecule has 0 radical (unpaired) electrons. The minimum absolute atomic E-state index is 0.143. The number of carbonyl (C=O) groups excluding carboxylic acids is 2. The number of carbonyl (C=O) groups is 2. The maximum Gasteiger partial charge on any atom is 0.252 e. The van der Waals surface area contributed by atoms with Gasteiger partial charge in [-0.3, -0.25) is 29.3 Å². The van der Waals surface area contributed by atoms with Gasteiger partial charge in [-0.1, -0.05) is 6.07 Å². The second-order valence-electron chi connectivity index (χ2n) is 6.80. The normalized spacial score (nSPS) is 30.6. The molecule has 0 aromatic carbocycles. The molecule has 122 valence electrons. The van der Waals surface area contributed by atoms with Crippen molar-refractivity contribution < 1.29 is 14.7 Å². The van der Waals surface area contributed by atoms with E-state index in [9.17, 15) is 14.7 Å². The Morgan fingerprint density at radius 3 is 2.87 bits per heavy atom. The topological polar surface area (TPSA) is 77.0 Å². The molecule has 23 heavy (non-hydrogen) atoms. The van der Waals surface area contributed by atoms with Crippen LogP contribution in [0.25, 0.3) is 0 Å². The van der Waals surface area contributed by atoms with Gasteiger partial charge in [-0.05, 0) is 18.1 Å². The number of amides is 2. The average Bonchev–Trinajstić information content (AvgIpc) is 2.90. The number of hydrogen-bond donors (Lipinski definition) is 1. The third-order valence-corrected chi connectivity index (χ3v) is 5.25. The molecule has 1 spiro atoms. The van der Waals surface area contributed by atoms with Crippen LogP contribution in [0.1, 0.15) is 12.0 Å². The van der Waals surface area contributed by atoms with Crippen molar-refractivity contribution >= 4 is 11.8 Å². The van der Waals surface area contributed by atoms with E-state index in [1.54, 1.807) is 13.2 Å². The first-order valence-electron chi connectivity index (χ1n) is 7.89. The van der Waals surface area contributed by atoms with E-state index < -0.39 is 11.6 Å². The van der Waals surface area contributed by atoms with Crippen LogP contribution in [0.2, 0.25) is 0 Å². The van der Waals surface area contributed by atoms with Crippen LogP contribution in [0.3, 0.4) is 0 Å². The lowest BCUT2D eigenvalue weighted by Crippen LogP contribution is -2.80. The number of rotatable bonds is 2. The van der Waals surface area contributed by atoms with Crippen LogP contribution in [0.15, 0.2) is 24.5 Å². The lowest BCUT2D eigenvalue weighted by Gasteiger charge is -2.58. The number of piperazine rings is 1. The second kappa shape index (κ2) is 5.09. The Kier molecular flexibility index (Phi) is 3.26. The Hall–Kier alpha value is -1.83. The van der Waals surface area contributed by atoms with Gasteiger partial charge in [-0.25, -0.2) is 0 Å². The second-order valence-corrected chi connectivity index (χ2v) is 6.80. The SMILES string of the molecule is CN1C(=O)C2CC(O)CN2C2(CN(Cc3cccnc3)C2)C1=O. The summed E-state index contributed by atoms with van der Waals surface area (Å²) in [4.78, 5) is 34.5. The van der Waals surface area contributed by atoms with Gasteiger partial charge < -0.3 is 5.11 Å². The highest BCUT2D eigenvalue weighted by molar-refractivity contribution is 6.05. The molecule has 2 atom stereocenters. The fraction of sp³-hybridized carbons (Fsp3) is 0.562. The fourth-order valence-corrected chi connectivity index (χ4v) is 4.15. The van der Waals surface area contributed by atoms with E-state index in [0.29, 0.717) is 26.1 Å². The van der Waals surface area contributed by atoms with Gasteiger partial charge in [-0.2, -0.15) is 0 Å². The number of pyridine rings is 1. The third-order valence-electron chi connectivity index (χ3n) is 5.25. The minimum Gasteiger partial charge on any atom is -0.392 e. The molecule has 7 heteroatoms. The predicted octanol–water partition coefficient (Wildman–Crippen LogP) is -0.930. The van der Waals surface area contributed by atoms with Crippen LogP contribution in [0, 0.1) is 0 Å². The summed E-state index contributed by atoms with van der Waals surface area (Å²) in [6.45, 7) is 2.31. The smallest absolute Gasteiger partial charge is 0.252 e. The molecule has 0 bridgehead atoms. The first kappa shape index (κ1) is 14.7. The Labute approximate surface area is 134 Å². The number of hydrogen-bond acceptors (Lipinski definition) is 6. The number of likely N-dealkylation sites (N-methyl/N-ethyl adjacent to an activating group) is 1. The lowest BCUT2D eigenvalue weighted by atomic mass is 9.82. The predicted molar refractivity (Wildman–Crippen MR) is 81.1 cm³/mol.